The topological polar surface area (TPSA) is 46.2 Å². The Hall–Kier alpha value is -0.390. The molecular weight excluding hydrogens is 278 g/mol. The fraction of sp³-hybridized carbons (Fsp3) is 0.400. The Bertz CT molecular complexity index is 400. The lowest BCUT2D eigenvalue weighted by Gasteiger charge is -2.04. The van der Waals surface area contributed by atoms with Crippen LogP contribution in [0.25, 0.3) is 0 Å². The highest BCUT2D eigenvalue weighted by atomic mass is 79.9. The molecule has 0 aliphatic carbocycles. The summed E-state index contributed by atoms with van der Waals surface area (Å²) in [6, 6.07) is 7.90. The Morgan fingerprint density at radius 3 is 2.20 bits per heavy atom. The number of hydrogen-bond acceptors (Lipinski definition) is 2. The maximum Gasteiger partial charge on any atom is 0.221 e. The van der Waals surface area contributed by atoms with Crippen molar-refractivity contribution in [2.45, 2.75) is 19.9 Å². The summed E-state index contributed by atoms with van der Waals surface area (Å²) in [4.78, 5) is 0. The number of halogens is 1. The SMILES string of the molecule is CCc1ccc(CNS(=O)(=O)CBr)cc1. The number of aryl methyl sites for hydroxylation is 1. The van der Waals surface area contributed by atoms with E-state index in [9.17, 15) is 8.42 Å². The predicted molar refractivity (Wildman–Crippen MR) is 65.4 cm³/mol. The maximum atomic E-state index is 11.1. The van der Waals surface area contributed by atoms with Crippen LogP contribution in [0.15, 0.2) is 24.3 Å². The van der Waals surface area contributed by atoms with Gasteiger partial charge in [0.1, 0.15) is 4.66 Å². The lowest BCUT2D eigenvalue weighted by atomic mass is 10.1. The van der Waals surface area contributed by atoms with Gasteiger partial charge in [0, 0.05) is 6.54 Å². The fourth-order valence-electron chi connectivity index (χ4n) is 1.12. The lowest BCUT2D eigenvalue weighted by molar-refractivity contribution is 0.586. The van der Waals surface area contributed by atoms with E-state index in [0.717, 1.165) is 12.0 Å². The van der Waals surface area contributed by atoms with Gasteiger partial charge in [0.05, 0.1) is 0 Å². The van der Waals surface area contributed by atoms with Crippen molar-refractivity contribution in [1.29, 1.82) is 0 Å². The summed E-state index contributed by atoms with van der Waals surface area (Å²) in [5.41, 5.74) is 2.22. The molecule has 15 heavy (non-hydrogen) atoms. The summed E-state index contributed by atoms with van der Waals surface area (Å²) in [6.45, 7) is 2.43. The summed E-state index contributed by atoms with van der Waals surface area (Å²) in [6.07, 6.45) is 0.993. The van der Waals surface area contributed by atoms with Gasteiger partial charge >= 0.3 is 0 Å². The number of benzene rings is 1. The average Bonchev–Trinajstić information content (AvgIpc) is 2.27. The van der Waals surface area contributed by atoms with Crippen molar-refractivity contribution in [3.05, 3.63) is 35.4 Å². The largest absolute Gasteiger partial charge is 0.221 e. The quantitative estimate of drug-likeness (QED) is 0.844. The summed E-state index contributed by atoms with van der Waals surface area (Å²) in [5, 5.41) is 0. The predicted octanol–water partition coefficient (Wildman–Crippen LogP) is 2.02. The van der Waals surface area contributed by atoms with E-state index in [4.69, 9.17) is 0 Å². The van der Waals surface area contributed by atoms with Gasteiger partial charge in [-0.1, -0.05) is 47.1 Å². The van der Waals surface area contributed by atoms with E-state index < -0.39 is 10.0 Å². The molecule has 0 aromatic heterocycles. The Kier molecular flexibility index (Phi) is 4.76. The van der Waals surface area contributed by atoms with Crippen LogP contribution in [0.1, 0.15) is 18.1 Å². The van der Waals surface area contributed by atoms with Crippen molar-refractivity contribution in [1.82, 2.24) is 4.72 Å². The van der Waals surface area contributed by atoms with Gasteiger partial charge in [-0.25, -0.2) is 13.1 Å². The third-order valence-corrected chi connectivity index (χ3v) is 4.75. The molecule has 1 N–H and O–H groups in total. The first-order valence-corrected chi connectivity index (χ1v) is 7.46. The minimum absolute atomic E-state index is 0.0625. The first-order valence-electron chi connectivity index (χ1n) is 4.68. The Balaban J connectivity index is 2.59. The van der Waals surface area contributed by atoms with Gasteiger partial charge in [0.25, 0.3) is 0 Å². The summed E-state index contributed by atoms with van der Waals surface area (Å²) >= 11 is 2.92. The van der Waals surface area contributed by atoms with Crippen molar-refractivity contribution >= 4 is 26.0 Å². The molecule has 3 nitrogen and oxygen atoms in total. The second kappa shape index (κ2) is 5.63. The molecule has 1 aromatic carbocycles. The van der Waals surface area contributed by atoms with Crippen molar-refractivity contribution in [2.24, 2.45) is 0 Å². The third kappa shape index (κ3) is 4.32. The van der Waals surface area contributed by atoms with Gasteiger partial charge in [-0.15, -0.1) is 0 Å². The van der Waals surface area contributed by atoms with Gasteiger partial charge in [-0.05, 0) is 17.5 Å². The highest BCUT2D eigenvalue weighted by molar-refractivity contribution is 9.10. The molecule has 0 unspecified atom stereocenters. The first-order chi connectivity index (χ1) is 7.07. The zero-order chi connectivity index (χ0) is 11.3. The van der Waals surface area contributed by atoms with Crippen LogP contribution >= 0.6 is 15.9 Å². The molecule has 0 fully saturated rings. The van der Waals surface area contributed by atoms with Crippen LogP contribution in [-0.2, 0) is 23.0 Å². The first kappa shape index (κ1) is 12.7. The number of sulfonamides is 1. The summed E-state index contributed by atoms with van der Waals surface area (Å²) in [5.74, 6) is 0. The Morgan fingerprint density at radius 2 is 1.73 bits per heavy atom. The normalized spacial score (nSPS) is 11.6. The molecule has 0 bridgehead atoms. The smallest absolute Gasteiger partial charge is 0.212 e. The average molecular weight is 292 g/mol. The van der Waals surface area contributed by atoms with Gasteiger partial charge in [-0.3, -0.25) is 0 Å². The number of hydrogen-bond donors (Lipinski definition) is 1. The molecule has 1 rings (SSSR count). The second-order valence-electron chi connectivity index (χ2n) is 3.22. The van der Waals surface area contributed by atoms with Gasteiger partial charge in [0.15, 0.2) is 0 Å². The van der Waals surface area contributed by atoms with Crippen molar-refractivity contribution in [3.63, 3.8) is 0 Å². The van der Waals surface area contributed by atoms with E-state index in [1.54, 1.807) is 0 Å². The van der Waals surface area contributed by atoms with Crippen LogP contribution in [0.2, 0.25) is 0 Å². The molecule has 0 heterocycles. The third-order valence-electron chi connectivity index (χ3n) is 2.07. The van der Waals surface area contributed by atoms with E-state index >= 15 is 0 Å². The molecule has 0 saturated carbocycles. The standard InChI is InChI=1S/C10H14BrNO2S/c1-2-9-3-5-10(6-4-9)7-12-15(13,14)8-11/h3-6,12H,2,7-8H2,1H3. The van der Waals surface area contributed by atoms with Crippen molar-refractivity contribution in [2.75, 3.05) is 4.66 Å². The lowest BCUT2D eigenvalue weighted by Crippen LogP contribution is -2.23. The molecule has 0 atom stereocenters. The molecule has 1 aromatic rings. The van der Waals surface area contributed by atoms with E-state index in [1.807, 2.05) is 24.3 Å². The van der Waals surface area contributed by atoms with E-state index in [1.165, 1.54) is 5.56 Å². The van der Waals surface area contributed by atoms with E-state index in [2.05, 4.69) is 27.6 Å². The van der Waals surface area contributed by atoms with Crippen molar-refractivity contribution in [3.8, 4) is 0 Å². The Morgan fingerprint density at radius 1 is 1.20 bits per heavy atom. The molecule has 0 aliphatic rings. The second-order valence-corrected chi connectivity index (χ2v) is 6.32. The Labute approximate surface area is 99.1 Å². The minimum Gasteiger partial charge on any atom is -0.212 e. The highest BCUT2D eigenvalue weighted by Crippen LogP contribution is 2.05. The molecular formula is C10H14BrNO2S. The van der Waals surface area contributed by atoms with Gasteiger partial charge in [0.2, 0.25) is 10.0 Å². The van der Waals surface area contributed by atoms with Crippen LogP contribution in [0.4, 0.5) is 0 Å². The van der Waals surface area contributed by atoms with Gasteiger partial charge in [-0.2, -0.15) is 0 Å². The zero-order valence-corrected chi connectivity index (χ0v) is 10.9. The summed E-state index contributed by atoms with van der Waals surface area (Å²) in [7, 11) is -3.17. The minimum atomic E-state index is -3.17. The van der Waals surface area contributed by atoms with Crippen LogP contribution in [0, 0.1) is 0 Å². The number of rotatable bonds is 5. The monoisotopic (exact) mass is 291 g/mol. The molecule has 0 radical (unpaired) electrons. The van der Waals surface area contributed by atoms with Crippen LogP contribution in [-0.4, -0.2) is 13.1 Å². The number of nitrogens with one attached hydrogen (secondary N) is 1. The molecule has 0 saturated heterocycles. The molecule has 0 spiro atoms. The van der Waals surface area contributed by atoms with Gasteiger partial charge < -0.3 is 0 Å². The summed E-state index contributed by atoms with van der Waals surface area (Å²) < 4.78 is 24.7. The number of alkyl halides is 1. The maximum absolute atomic E-state index is 11.1. The van der Waals surface area contributed by atoms with Crippen LogP contribution < -0.4 is 4.72 Å². The van der Waals surface area contributed by atoms with Crippen LogP contribution in [0.5, 0.6) is 0 Å². The zero-order valence-electron chi connectivity index (χ0n) is 8.53. The van der Waals surface area contributed by atoms with E-state index in [0.29, 0.717) is 6.54 Å². The van der Waals surface area contributed by atoms with E-state index in [-0.39, 0.29) is 4.66 Å². The highest BCUT2D eigenvalue weighted by Gasteiger charge is 2.06. The fourth-order valence-corrected chi connectivity index (χ4v) is 2.07. The molecule has 0 amide bonds. The molecule has 5 heteroatoms. The molecule has 84 valence electrons. The van der Waals surface area contributed by atoms with Crippen LogP contribution in [0.3, 0.4) is 0 Å². The van der Waals surface area contributed by atoms with Crippen molar-refractivity contribution < 1.29 is 8.42 Å². The molecule has 0 aliphatic heterocycles.